The highest BCUT2D eigenvalue weighted by Gasteiger charge is 2.26. The van der Waals surface area contributed by atoms with E-state index in [1.165, 1.54) is 12.8 Å². The molecule has 14 heavy (non-hydrogen) atoms. The molecule has 2 atom stereocenters. The van der Waals surface area contributed by atoms with Crippen LogP contribution in [-0.2, 0) is 4.79 Å². The van der Waals surface area contributed by atoms with Crippen molar-refractivity contribution in [2.75, 3.05) is 19.6 Å². The van der Waals surface area contributed by atoms with Crippen LogP contribution in [0.2, 0.25) is 0 Å². The zero-order chi connectivity index (χ0) is 10.6. The van der Waals surface area contributed by atoms with Crippen molar-refractivity contribution >= 4 is 5.91 Å². The van der Waals surface area contributed by atoms with Crippen LogP contribution in [-0.4, -0.2) is 30.4 Å². The van der Waals surface area contributed by atoms with Gasteiger partial charge in [-0.15, -0.1) is 0 Å². The molecule has 3 nitrogen and oxygen atoms in total. The molecule has 2 unspecified atom stereocenters. The predicted molar refractivity (Wildman–Crippen MR) is 57.8 cm³/mol. The number of likely N-dealkylation sites (tertiary alicyclic amines) is 1. The van der Waals surface area contributed by atoms with Crippen LogP contribution in [0.15, 0.2) is 0 Å². The maximum Gasteiger partial charge on any atom is 0.221 e. The van der Waals surface area contributed by atoms with Gasteiger partial charge in [0.05, 0.1) is 5.92 Å². The molecule has 0 aromatic carbocycles. The number of nitrogens with two attached hydrogens (primary N) is 1. The Balaban J connectivity index is 2.19. The van der Waals surface area contributed by atoms with Crippen LogP contribution in [0.1, 0.15) is 33.1 Å². The van der Waals surface area contributed by atoms with Crippen molar-refractivity contribution in [3.8, 4) is 0 Å². The molecule has 0 aromatic rings. The van der Waals surface area contributed by atoms with E-state index in [0.717, 1.165) is 32.0 Å². The van der Waals surface area contributed by atoms with E-state index in [9.17, 15) is 4.79 Å². The lowest BCUT2D eigenvalue weighted by atomic mass is 10.1. The summed E-state index contributed by atoms with van der Waals surface area (Å²) in [6, 6.07) is 0. The minimum Gasteiger partial charge on any atom is -0.369 e. The summed E-state index contributed by atoms with van der Waals surface area (Å²) in [5.74, 6) is 0.769. The molecule has 0 aromatic heterocycles. The third-order valence-electron chi connectivity index (χ3n) is 3.31. The summed E-state index contributed by atoms with van der Waals surface area (Å²) in [6.07, 6.45) is 3.44. The number of hydrogen-bond donors (Lipinski definition) is 1. The molecule has 0 radical (unpaired) electrons. The molecule has 2 N–H and O–H groups in total. The van der Waals surface area contributed by atoms with E-state index in [2.05, 4.69) is 18.7 Å². The molecule has 3 heteroatoms. The quantitative estimate of drug-likeness (QED) is 0.722. The largest absolute Gasteiger partial charge is 0.369 e. The standard InChI is InChI=1S/C11H22N2O/c1-3-9(2)4-6-13-7-5-10(8-13)11(12)14/h9-10H,3-8H2,1-2H3,(H2,12,14). The van der Waals surface area contributed by atoms with Gasteiger partial charge in [-0.05, 0) is 31.8 Å². The Morgan fingerprint density at radius 2 is 2.36 bits per heavy atom. The highest BCUT2D eigenvalue weighted by atomic mass is 16.1. The van der Waals surface area contributed by atoms with Crippen molar-refractivity contribution in [1.82, 2.24) is 4.90 Å². The summed E-state index contributed by atoms with van der Waals surface area (Å²) in [7, 11) is 0. The molecule has 1 aliphatic rings. The van der Waals surface area contributed by atoms with E-state index in [1.807, 2.05) is 0 Å². The lowest BCUT2D eigenvalue weighted by Crippen LogP contribution is -2.28. The summed E-state index contributed by atoms with van der Waals surface area (Å²) in [5, 5.41) is 0. The number of rotatable bonds is 5. The number of carbonyl (C=O) groups excluding carboxylic acids is 1. The normalized spacial score (nSPS) is 25.1. The van der Waals surface area contributed by atoms with Crippen LogP contribution in [0.5, 0.6) is 0 Å². The lowest BCUT2D eigenvalue weighted by molar-refractivity contribution is -0.121. The Labute approximate surface area is 86.6 Å². The summed E-state index contributed by atoms with van der Waals surface area (Å²) >= 11 is 0. The Bertz CT molecular complexity index is 194. The number of carbonyl (C=O) groups is 1. The first-order valence-electron chi connectivity index (χ1n) is 5.65. The van der Waals surface area contributed by atoms with Crippen molar-refractivity contribution in [1.29, 1.82) is 0 Å². The SMILES string of the molecule is CCC(C)CCN1CCC(C(N)=O)C1. The van der Waals surface area contributed by atoms with Gasteiger partial charge >= 0.3 is 0 Å². The third-order valence-corrected chi connectivity index (χ3v) is 3.31. The van der Waals surface area contributed by atoms with E-state index < -0.39 is 0 Å². The molecule has 0 spiro atoms. The average molecular weight is 198 g/mol. The van der Waals surface area contributed by atoms with Gasteiger partial charge in [-0.25, -0.2) is 0 Å². The van der Waals surface area contributed by atoms with Crippen LogP contribution >= 0.6 is 0 Å². The molecule has 1 rings (SSSR count). The van der Waals surface area contributed by atoms with E-state index >= 15 is 0 Å². The first-order valence-corrected chi connectivity index (χ1v) is 5.65. The monoisotopic (exact) mass is 198 g/mol. The molecule has 1 saturated heterocycles. The van der Waals surface area contributed by atoms with Crippen LogP contribution in [0.4, 0.5) is 0 Å². The van der Waals surface area contributed by atoms with Crippen LogP contribution in [0, 0.1) is 11.8 Å². The molecule has 0 bridgehead atoms. The second-order valence-electron chi connectivity index (χ2n) is 4.49. The van der Waals surface area contributed by atoms with Gasteiger partial charge in [0.1, 0.15) is 0 Å². The Morgan fingerprint density at radius 3 is 2.86 bits per heavy atom. The first-order chi connectivity index (χ1) is 6.63. The van der Waals surface area contributed by atoms with Crippen molar-refractivity contribution in [3.63, 3.8) is 0 Å². The minimum absolute atomic E-state index is 0.104. The molecule has 0 saturated carbocycles. The Morgan fingerprint density at radius 1 is 1.64 bits per heavy atom. The van der Waals surface area contributed by atoms with Crippen LogP contribution in [0.25, 0.3) is 0 Å². The second-order valence-corrected chi connectivity index (χ2v) is 4.49. The van der Waals surface area contributed by atoms with Gasteiger partial charge in [0.25, 0.3) is 0 Å². The van der Waals surface area contributed by atoms with Crippen LogP contribution < -0.4 is 5.73 Å². The number of primary amides is 1. The summed E-state index contributed by atoms with van der Waals surface area (Å²) in [6.45, 7) is 7.55. The smallest absolute Gasteiger partial charge is 0.221 e. The van der Waals surface area contributed by atoms with E-state index in [-0.39, 0.29) is 11.8 Å². The van der Waals surface area contributed by atoms with Crippen molar-refractivity contribution in [2.24, 2.45) is 17.6 Å². The van der Waals surface area contributed by atoms with Gasteiger partial charge in [0.15, 0.2) is 0 Å². The van der Waals surface area contributed by atoms with Gasteiger partial charge in [-0.3, -0.25) is 4.79 Å². The molecule has 1 fully saturated rings. The lowest BCUT2D eigenvalue weighted by Gasteiger charge is -2.17. The van der Waals surface area contributed by atoms with Crippen LogP contribution in [0.3, 0.4) is 0 Å². The molecule has 1 heterocycles. The molecule has 0 aliphatic carbocycles. The second kappa shape index (κ2) is 5.35. The molecule has 1 amide bonds. The van der Waals surface area contributed by atoms with Crippen molar-refractivity contribution in [2.45, 2.75) is 33.1 Å². The highest BCUT2D eigenvalue weighted by Crippen LogP contribution is 2.17. The zero-order valence-corrected chi connectivity index (χ0v) is 9.33. The topological polar surface area (TPSA) is 46.3 Å². The average Bonchev–Trinajstić information content (AvgIpc) is 2.62. The minimum atomic E-state index is -0.129. The van der Waals surface area contributed by atoms with Gasteiger partial charge in [0, 0.05) is 6.54 Å². The number of hydrogen-bond acceptors (Lipinski definition) is 2. The van der Waals surface area contributed by atoms with Gasteiger partial charge < -0.3 is 10.6 Å². The van der Waals surface area contributed by atoms with E-state index in [0.29, 0.717) is 0 Å². The maximum absolute atomic E-state index is 10.9. The fourth-order valence-electron chi connectivity index (χ4n) is 1.88. The van der Waals surface area contributed by atoms with E-state index in [1.54, 1.807) is 0 Å². The predicted octanol–water partition coefficient (Wildman–Crippen LogP) is 1.23. The Kier molecular flexibility index (Phi) is 4.39. The summed E-state index contributed by atoms with van der Waals surface area (Å²) in [5.41, 5.74) is 5.28. The Hall–Kier alpha value is -0.570. The highest BCUT2D eigenvalue weighted by molar-refractivity contribution is 5.77. The van der Waals surface area contributed by atoms with Gasteiger partial charge in [0.2, 0.25) is 5.91 Å². The summed E-state index contributed by atoms with van der Waals surface area (Å²) in [4.78, 5) is 13.3. The first kappa shape index (κ1) is 11.5. The third kappa shape index (κ3) is 3.29. The fourth-order valence-corrected chi connectivity index (χ4v) is 1.88. The maximum atomic E-state index is 10.9. The number of amides is 1. The van der Waals surface area contributed by atoms with Gasteiger partial charge in [-0.2, -0.15) is 0 Å². The fraction of sp³-hybridized carbons (Fsp3) is 0.909. The molecule has 1 aliphatic heterocycles. The van der Waals surface area contributed by atoms with E-state index in [4.69, 9.17) is 5.73 Å². The van der Waals surface area contributed by atoms with Gasteiger partial charge in [-0.1, -0.05) is 20.3 Å². The molecule has 82 valence electrons. The zero-order valence-electron chi connectivity index (χ0n) is 9.33. The molecular weight excluding hydrogens is 176 g/mol. The van der Waals surface area contributed by atoms with Crippen molar-refractivity contribution in [3.05, 3.63) is 0 Å². The summed E-state index contributed by atoms with van der Waals surface area (Å²) < 4.78 is 0. The number of nitrogens with zero attached hydrogens (tertiary/aromatic N) is 1. The molecular formula is C11H22N2O. The van der Waals surface area contributed by atoms with Crippen molar-refractivity contribution < 1.29 is 4.79 Å².